The molecule has 1 saturated carbocycles. The van der Waals surface area contributed by atoms with Crippen LogP contribution in [0.15, 0.2) is 60.7 Å². The lowest BCUT2D eigenvalue weighted by Gasteiger charge is -2.37. The number of para-hydroxylation sites is 2. The van der Waals surface area contributed by atoms with Gasteiger partial charge in [-0.3, -0.25) is 19.2 Å². The van der Waals surface area contributed by atoms with E-state index in [4.69, 9.17) is 4.74 Å². The molecule has 1 N–H and O–H groups in total. The number of esters is 1. The van der Waals surface area contributed by atoms with E-state index in [2.05, 4.69) is 0 Å². The number of benzene rings is 2. The molecule has 1 saturated heterocycles. The molecule has 8 heteroatoms. The molecule has 0 aromatic heterocycles. The molecular weight excluding hydrogens is 424 g/mol. The Labute approximate surface area is 191 Å². The minimum absolute atomic E-state index is 0.0325. The number of anilines is 2. The van der Waals surface area contributed by atoms with Crippen molar-refractivity contribution in [3.63, 3.8) is 0 Å². The molecule has 0 bridgehead atoms. The van der Waals surface area contributed by atoms with Gasteiger partial charge in [-0.25, -0.2) is 10.0 Å². The number of ether oxygens (including phenoxy) is 1. The van der Waals surface area contributed by atoms with Crippen LogP contribution in [-0.4, -0.2) is 34.5 Å². The monoisotopic (exact) mass is 450 g/mol. The molecule has 1 heterocycles. The van der Waals surface area contributed by atoms with Gasteiger partial charge in [0.25, 0.3) is 5.60 Å². The number of carboxylic acids is 1. The van der Waals surface area contributed by atoms with Gasteiger partial charge in [-0.1, -0.05) is 49.7 Å². The second-order valence-corrected chi connectivity index (χ2v) is 8.47. The van der Waals surface area contributed by atoms with Crippen molar-refractivity contribution in [3.05, 3.63) is 60.7 Å². The van der Waals surface area contributed by atoms with Crippen LogP contribution in [0.4, 0.5) is 11.4 Å². The fourth-order valence-corrected chi connectivity index (χ4v) is 4.29. The molecule has 8 nitrogen and oxygen atoms in total. The minimum Gasteiger partial charge on any atom is -0.480 e. The van der Waals surface area contributed by atoms with Gasteiger partial charge in [0.15, 0.2) is 5.41 Å². The van der Waals surface area contributed by atoms with Crippen molar-refractivity contribution in [1.29, 1.82) is 0 Å². The molecule has 1 aliphatic heterocycles. The van der Waals surface area contributed by atoms with Crippen molar-refractivity contribution >= 4 is 35.1 Å². The number of amides is 2. The third kappa shape index (κ3) is 3.55. The Hall–Kier alpha value is -3.68. The van der Waals surface area contributed by atoms with Gasteiger partial charge in [-0.15, -0.1) is 0 Å². The lowest BCUT2D eigenvalue weighted by molar-refractivity contribution is -0.190. The molecule has 1 aliphatic carbocycles. The van der Waals surface area contributed by atoms with Crippen molar-refractivity contribution in [2.45, 2.75) is 51.0 Å². The van der Waals surface area contributed by atoms with E-state index >= 15 is 0 Å². The first-order valence-electron chi connectivity index (χ1n) is 11.1. The number of carboxylic acid groups (broad SMARTS) is 1. The molecular formula is C25H26N2O6. The summed E-state index contributed by atoms with van der Waals surface area (Å²) in [6.07, 6.45) is 1.87. The van der Waals surface area contributed by atoms with Crippen molar-refractivity contribution in [1.82, 2.24) is 0 Å². The maximum Gasteiger partial charge on any atom is 0.325 e. The molecule has 2 amide bonds. The first-order valence-corrected chi connectivity index (χ1v) is 11.1. The Kier molecular flexibility index (Phi) is 5.93. The van der Waals surface area contributed by atoms with E-state index in [0.717, 1.165) is 0 Å². The SMILES string of the molecule is CCCCC1(OC(=O)C2(C(=O)O)CCC2)C(=O)N(c2ccccc2)N(c2ccccc2)C1=O. The summed E-state index contributed by atoms with van der Waals surface area (Å²) in [7, 11) is 0. The normalized spacial score (nSPS) is 18.7. The summed E-state index contributed by atoms with van der Waals surface area (Å²) in [5.41, 5.74) is -2.97. The quantitative estimate of drug-likeness (QED) is 0.486. The van der Waals surface area contributed by atoms with Crippen molar-refractivity contribution < 1.29 is 29.0 Å². The predicted octanol–water partition coefficient (Wildman–Crippen LogP) is 3.71. The van der Waals surface area contributed by atoms with Gasteiger partial charge < -0.3 is 9.84 Å². The summed E-state index contributed by atoms with van der Waals surface area (Å²) in [5, 5.41) is 12.1. The molecule has 172 valence electrons. The number of unbranched alkanes of at least 4 members (excludes halogenated alkanes) is 1. The molecule has 0 unspecified atom stereocenters. The van der Waals surface area contributed by atoms with E-state index < -0.39 is 34.8 Å². The molecule has 33 heavy (non-hydrogen) atoms. The number of carbonyl (C=O) groups excluding carboxylic acids is 3. The zero-order chi connectivity index (χ0) is 23.6. The molecule has 2 aliphatic rings. The molecule has 2 aromatic carbocycles. The number of nitrogens with zero attached hydrogens (tertiary/aromatic N) is 2. The molecule has 0 atom stereocenters. The first kappa shape index (κ1) is 22.5. The summed E-state index contributed by atoms with van der Waals surface area (Å²) < 4.78 is 5.70. The second-order valence-electron chi connectivity index (χ2n) is 8.47. The highest BCUT2D eigenvalue weighted by Gasteiger charge is 2.65. The van der Waals surface area contributed by atoms with Crippen LogP contribution >= 0.6 is 0 Å². The van der Waals surface area contributed by atoms with Crippen LogP contribution in [0.25, 0.3) is 0 Å². The van der Waals surface area contributed by atoms with Crippen molar-refractivity contribution in [2.24, 2.45) is 5.41 Å². The molecule has 2 fully saturated rings. The third-order valence-corrected chi connectivity index (χ3v) is 6.43. The number of aliphatic carboxylic acids is 1. The summed E-state index contributed by atoms with van der Waals surface area (Å²) in [6, 6.07) is 17.3. The average Bonchev–Trinajstić information content (AvgIpc) is 2.99. The number of rotatable bonds is 8. The smallest absolute Gasteiger partial charge is 0.325 e. The molecule has 0 spiro atoms. The Morgan fingerprint density at radius 1 is 0.909 bits per heavy atom. The summed E-state index contributed by atoms with van der Waals surface area (Å²) in [5.74, 6) is -3.72. The second kappa shape index (κ2) is 8.69. The Bertz CT molecular complexity index is 1010. The van der Waals surface area contributed by atoms with Crippen molar-refractivity contribution in [3.8, 4) is 0 Å². The van der Waals surface area contributed by atoms with Crippen LogP contribution in [0, 0.1) is 5.41 Å². The lowest BCUT2D eigenvalue weighted by Crippen LogP contribution is -2.54. The zero-order valence-electron chi connectivity index (χ0n) is 18.4. The van der Waals surface area contributed by atoms with Crippen molar-refractivity contribution in [2.75, 3.05) is 10.0 Å². The van der Waals surface area contributed by atoms with Gasteiger partial charge in [0.2, 0.25) is 0 Å². The maximum atomic E-state index is 13.9. The highest BCUT2D eigenvalue weighted by molar-refractivity contribution is 6.29. The third-order valence-electron chi connectivity index (χ3n) is 6.43. The molecule has 2 aromatic rings. The zero-order valence-corrected chi connectivity index (χ0v) is 18.4. The van der Waals surface area contributed by atoms with E-state index in [9.17, 15) is 24.3 Å². The minimum atomic E-state index is -2.13. The van der Waals surface area contributed by atoms with Gasteiger partial charge in [0.05, 0.1) is 11.4 Å². The standard InChI is InChI=1S/C25H26N2O6/c1-2-3-17-25(33-23(32)24(22(30)31)15-10-16-24)20(28)26(18-11-6-4-7-12-18)27(21(25)29)19-13-8-5-9-14-19/h4-9,11-14H,2-3,10,15-17H2,1H3,(H,30,31). The Morgan fingerprint density at radius 3 is 1.76 bits per heavy atom. The predicted molar refractivity (Wildman–Crippen MR) is 120 cm³/mol. The fourth-order valence-electron chi connectivity index (χ4n) is 4.29. The van der Waals surface area contributed by atoms with Gasteiger partial charge in [0, 0.05) is 6.42 Å². The van der Waals surface area contributed by atoms with E-state index in [0.29, 0.717) is 30.6 Å². The van der Waals surface area contributed by atoms with Crippen LogP contribution in [0.2, 0.25) is 0 Å². The van der Waals surface area contributed by atoms with E-state index in [1.54, 1.807) is 60.7 Å². The van der Waals surface area contributed by atoms with Crippen LogP contribution in [-0.2, 0) is 23.9 Å². The number of hydrazine groups is 1. The first-order chi connectivity index (χ1) is 15.9. The summed E-state index contributed by atoms with van der Waals surface area (Å²) >= 11 is 0. The van der Waals surface area contributed by atoms with Gasteiger partial charge >= 0.3 is 23.8 Å². The van der Waals surface area contributed by atoms with E-state index in [-0.39, 0.29) is 19.3 Å². The van der Waals surface area contributed by atoms with Gasteiger partial charge in [-0.05, 0) is 49.9 Å². The Balaban J connectivity index is 1.82. The summed E-state index contributed by atoms with van der Waals surface area (Å²) in [4.78, 5) is 52.8. The highest BCUT2D eigenvalue weighted by atomic mass is 16.6. The highest BCUT2D eigenvalue weighted by Crippen LogP contribution is 2.45. The topological polar surface area (TPSA) is 104 Å². The van der Waals surface area contributed by atoms with Crippen LogP contribution < -0.4 is 10.0 Å². The van der Waals surface area contributed by atoms with Crippen LogP contribution in [0.5, 0.6) is 0 Å². The number of carbonyl (C=O) groups is 4. The average molecular weight is 450 g/mol. The summed E-state index contributed by atoms with van der Waals surface area (Å²) in [6.45, 7) is 1.90. The largest absolute Gasteiger partial charge is 0.480 e. The molecule has 4 rings (SSSR count). The fraction of sp³-hybridized carbons (Fsp3) is 0.360. The van der Waals surface area contributed by atoms with Gasteiger partial charge in [0.1, 0.15) is 0 Å². The van der Waals surface area contributed by atoms with E-state index in [1.807, 2.05) is 6.92 Å². The number of hydrogen-bond donors (Lipinski definition) is 1. The Morgan fingerprint density at radius 2 is 1.39 bits per heavy atom. The number of hydrogen-bond acceptors (Lipinski definition) is 5. The molecule has 0 radical (unpaired) electrons. The maximum absolute atomic E-state index is 13.9. The lowest BCUT2D eigenvalue weighted by atomic mass is 9.68. The van der Waals surface area contributed by atoms with Gasteiger partial charge in [-0.2, -0.15) is 0 Å². The van der Waals surface area contributed by atoms with E-state index in [1.165, 1.54) is 10.0 Å². The van der Waals surface area contributed by atoms with Crippen LogP contribution in [0.3, 0.4) is 0 Å². The van der Waals surface area contributed by atoms with Crippen LogP contribution in [0.1, 0.15) is 45.4 Å².